The van der Waals surface area contributed by atoms with Gasteiger partial charge in [0.25, 0.3) is 0 Å². The Kier molecular flexibility index (Phi) is 4.11. The van der Waals surface area contributed by atoms with Gasteiger partial charge in [-0.05, 0) is 66.8 Å². The van der Waals surface area contributed by atoms with Crippen molar-refractivity contribution >= 4 is 10.9 Å². The van der Waals surface area contributed by atoms with Gasteiger partial charge in [0, 0.05) is 23.1 Å². The number of H-pyrrole nitrogens is 1. The molecule has 3 heteroatoms. The van der Waals surface area contributed by atoms with E-state index in [1.165, 1.54) is 17.2 Å². The zero-order valence-corrected chi connectivity index (χ0v) is 13.7. The summed E-state index contributed by atoms with van der Waals surface area (Å²) in [7, 11) is 0. The van der Waals surface area contributed by atoms with Gasteiger partial charge >= 0.3 is 0 Å². The third-order valence-corrected chi connectivity index (χ3v) is 5.58. The minimum absolute atomic E-state index is 0.118. The van der Waals surface area contributed by atoms with E-state index in [0.29, 0.717) is 11.8 Å². The molecule has 0 spiro atoms. The van der Waals surface area contributed by atoms with Gasteiger partial charge in [-0.3, -0.25) is 0 Å². The van der Waals surface area contributed by atoms with Crippen LogP contribution >= 0.6 is 0 Å². The van der Waals surface area contributed by atoms with Crippen molar-refractivity contribution < 1.29 is 4.39 Å². The first-order chi connectivity index (χ1) is 11.7. The fourth-order valence-corrected chi connectivity index (χ4v) is 4.19. The second-order valence-corrected chi connectivity index (χ2v) is 6.98. The number of hydrogen-bond donors (Lipinski definition) is 2. The molecule has 0 bridgehead atoms. The third kappa shape index (κ3) is 2.84. The van der Waals surface area contributed by atoms with E-state index in [1.54, 1.807) is 6.07 Å². The van der Waals surface area contributed by atoms with Gasteiger partial charge in [-0.15, -0.1) is 0 Å². The van der Waals surface area contributed by atoms with Gasteiger partial charge in [-0.1, -0.05) is 30.3 Å². The largest absolute Gasteiger partial charge is 0.361 e. The van der Waals surface area contributed by atoms with Crippen molar-refractivity contribution in [2.45, 2.75) is 37.6 Å². The van der Waals surface area contributed by atoms with Crippen LogP contribution in [0.4, 0.5) is 4.39 Å². The monoisotopic (exact) mass is 322 g/mol. The average Bonchev–Trinajstić information content (AvgIpc) is 3.05. The van der Waals surface area contributed by atoms with Crippen molar-refractivity contribution in [1.82, 2.24) is 4.98 Å². The highest BCUT2D eigenvalue weighted by molar-refractivity contribution is 5.83. The van der Waals surface area contributed by atoms with Gasteiger partial charge in [0.2, 0.25) is 0 Å². The van der Waals surface area contributed by atoms with Crippen molar-refractivity contribution in [3.63, 3.8) is 0 Å². The van der Waals surface area contributed by atoms with Crippen molar-refractivity contribution in [2.75, 3.05) is 0 Å². The summed E-state index contributed by atoms with van der Waals surface area (Å²) in [5.41, 5.74) is 10.0. The lowest BCUT2D eigenvalue weighted by Crippen LogP contribution is -2.25. The van der Waals surface area contributed by atoms with E-state index in [1.807, 2.05) is 12.1 Å². The SMILES string of the molecule is NC(c1ccccc1)C1CCC(c2c[nH]c3ccc(F)cc23)CC1. The van der Waals surface area contributed by atoms with E-state index in [4.69, 9.17) is 5.73 Å². The molecule has 1 aliphatic rings. The Balaban J connectivity index is 1.48. The number of nitrogens with one attached hydrogen (secondary N) is 1. The molecule has 1 unspecified atom stereocenters. The summed E-state index contributed by atoms with van der Waals surface area (Å²) >= 11 is 0. The topological polar surface area (TPSA) is 41.8 Å². The number of rotatable bonds is 3. The van der Waals surface area contributed by atoms with Crippen molar-refractivity contribution in [3.8, 4) is 0 Å². The summed E-state index contributed by atoms with van der Waals surface area (Å²) < 4.78 is 13.6. The molecule has 0 amide bonds. The Morgan fingerprint density at radius 1 is 1.00 bits per heavy atom. The lowest BCUT2D eigenvalue weighted by molar-refractivity contribution is 0.285. The molecule has 1 heterocycles. The van der Waals surface area contributed by atoms with Crippen LogP contribution in [0.25, 0.3) is 10.9 Å². The maximum atomic E-state index is 13.6. The first-order valence-electron chi connectivity index (χ1n) is 8.79. The molecule has 0 radical (unpaired) electrons. The van der Waals surface area contributed by atoms with Crippen LogP contribution in [-0.4, -0.2) is 4.98 Å². The molecule has 2 aromatic carbocycles. The minimum Gasteiger partial charge on any atom is -0.361 e. The molecule has 3 aromatic rings. The molecule has 0 saturated heterocycles. The van der Waals surface area contributed by atoms with E-state index in [-0.39, 0.29) is 11.9 Å². The van der Waals surface area contributed by atoms with Gasteiger partial charge in [0.15, 0.2) is 0 Å². The first-order valence-corrected chi connectivity index (χ1v) is 8.79. The fraction of sp³-hybridized carbons (Fsp3) is 0.333. The molecule has 4 rings (SSSR count). The number of aromatic amines is 1. The number of nitrogens with two attached hydrogens (primary N) is 1. The molecule has 1 aliphatic carbocycles. The van der Waals surface area contributed by atoms with Gasteiger partial charge in [0.05, 0.1) is 0 Å². The zero-order chi connectivity index (χ0) is 16.5. The van der Waals surface area contributed by atoms with Crippen molar-refractivity contribution in [2.24, 2.45) is 11.7 Å². The number of halogens is 1. The molecule has 1 aromatic heterocycles. The third-order valence-electron chi connectivity index (χ3n) is 5.58. The zero-order valence-electron chi connectivity index (χ0n) is 13.7. The smallest absolute Gasteiger partial charge is 0.123 e. The Morgan fingerprint density at radius 3 is 2.50 bits per heavy atom. The van der Waals surface area contributed by atoms with E-state index in [0.717, 1.165) is 36.6 Å². The standard InChI is InChI=1S/C21H23FN2/c22-17-10-11-20-18(12-17)19(13-24-20)14-6-8-16(9-7-14)21(23)15-4-2-1-3-5-15/h1-5,10-14,16,21,24H,6-9,23H2. The number of benzene rings is 2. The number of aromatic nitrogens is 1. The normalized spacial score (nSPS) is 22.6. The first kappa shape index (κ1) is 15.4. The van der Waals surface area contributed by atoms with E-state index >= 15 is 0 Å². The van der Waals surface area contributed by atoms with Crippen LogP contribution in [0.3, 0.4) is 0 Å². The molecule has 1 atom stereocenters. The molecule has 0 aliphatic heterocycles. The van der Waals surface area contributed by atoms with Crippen LogP contribution in [0.5, 0.6) is 0 Å². The van der Waals surface area contributed by atoms with Crippen molar-refractivity contribution in [3.05, 3.63) is 71.7 Å². The highest BCUT2D eigenvalue weighted by Gasteiger charge is 2.28. The lowest BCUT2D eigenvalue weighted by Gasteiger charge is -2.32. The van der Waals surface area contributed by atoms with Crippen LogP contribution in [0.2, 0.25) is 0 Å². The molecule has 124 valence electrons. The molecular weight excluding hydrogens is 299 g/mol. The molecule has 1 saturated carbocycles. The highest BCUT2D eigenvalue weighted by atomic mass is 19.1. The fourth-order valence-electron chi connectivity index (χ4n) is 4.19. The predicted molar refractivity (Wildman–Crippen MR) is 96.3 cm³/mol. The average molecular weight is 322 g/mol. The summed E-state index contributed by atoms with van der Waals surface area (Å²) in [4.78, 5) is 3.28. The molecule has 2 nitrogen and oxygen atoms in total. The Labute approximate surface area is 141 Å². The van der Waals surface area contributed by atoms with Crippen LogP contribution in [0.15, 0.2) is 54.7 Å². The number of hydrogen-bond acceptors (Lipinski definition) is 1. The Hall–Kier alpha value is -2.13. The van der Waals surface area contributed by atoms with Crippen LogP contribution < -0.4 is 5.73 Å². The second kappa shape index (κ2) is 6.40. The predicted octanol–water partition coefficient (Wildman–Crippen LogP) is 5.28. The van der Waals surface area contributed by atoms with Crippen molar-refractivity contribution in [1.29, 1.82) is 0 Å². The lowest BCUT2D eigenvalue weighted by atomic mass is 9.75. The van der Waals surface area contributed by atoms with E-state index in [9.17, 15) is 4.39 Å². The molecule has 3 N–H and O–H groups in total. The minimum atomic E-state index is -0.164. The summed E-state index contributed by atoms with van der Waals surface area (Å²) in [5, 5.41) is 1.03. The summed E-state index contributed by atoms with van der Waals surface area (Å²) in [6.07, 6.45) is 6.56. The van der Waals surface area contributed by atoms with Gasteiger partial charge in [-0.25, -0.2) is 4.39 Å². The van der Waals surface area contributed by atoms with E-state index in [2.05, 4.69) is 35.4 Å². The van der Waals surface area contributed by atoms with Crippen LogP contribution in [0, 0.1) is 11.7 Å². The van der Waals surface area contributed by atoms with Gasteiger partial charge < -0.3 is 10.7 Å². The Bertz CT molecular complexity index is 816. The van der Waals surface area contributed by atoms with Gasteiger partial charge in [-0.2, -0.15) is 0 Å². The molecule has 1 fully saturated rings. The highest BCUT2D eigenvalue weighted by Crippen LogP contribution is 2.42. The molecule has 24 heavy (non-hydrogen) atoms. The van der Waals surface area contributed by atoms with Gasteiger partial charge in [0.1, 0.15) is 5.82 Å². The second-order valence-electron chi connectivity index (χ2n) is 6.98. The van der Waals surface area contributed by atoms with E-state index < -0.39 is 0 Å². The maximum Gasteiger partial charge on any atom is 0.123 e. The maximum absolute atomic E-state index is 13.6. The van der Waals surface area contributed by atoms with Crippen LogP contribution in [0.1, 0.15) is 48.8 Å². The Morgan fingerprint density at radius 2 is 1.75 bits per heavy atom. The summed E-state index contributed by atoms with van der Waals surface area (Å²) in [6.45, 7) is 0. The van der Waals surface area contributed by atoms with Crippen LogP contribution in [-0.2, 0) is 0 Å². The summed E-state index contributed by atoms with van der Waals surface area (Å²) in [6, 6.07) is 15.5. The molecular formula is C21H23FN2. The number of fused-ring (bicyclic) bond motifs is 1. The summed E-state index contributed by atoms with van der Waals surface area (Å²) in [5.74, 6) is 0.869. The quantitative estimate of drug-likeness (QED) is 0.676.